The molecular formula is C12H17BrN2O2. The van der Waals surface area contributed by atoms with Crippen LogP contribution in [0.2, 0.25) is 0 Å². The van der Waals surface area contributed by atoms with Gasteiger partial charge in [-0.25, -0.2) is 0 Å². The maximum Gasteiger partial charge on any atom is 0.244 e. The minimum absolute atomic E-state index is 0.0860. The third-order valence-electron chi connectivity index (χ3n) is 2.60. The molecule has 94 valence electrons. The van der Waals surface area contributed by atoms with E-state index in [-0.39, 0.29) is 5.91 Å². The first kappa shape index (κ1) is 14.0. The van der Waals surface area contributed by atoms with E-state index in [0.717, 1.165) is 15.9 Å². The number of carbonyl (C=O) groups is 1. The van der Waals surface area contributed by atoms with E-state index in [0.29, 0.717) is 0 Å². The van der Waals surface area contributed by atoms with Crippen LogP contribution in [0.3, 0.4) is 0 Å². The topological polar surface area (TPSA) is 50.4 Å². The van der Waals surface area contributed by atoms with E-state index in [2.05, 4.69) is 26.6 Å². The molecule has 0 bridgehead atoms. The highest BCUT2D eigenvalue weighted by Gasteiger charge is 2.25. The Balaban J connectivity index is 2.83. The Morgan fingerprint density at radius 2 is 2.06 bits per heavy atom. The molecule has 4 nitrogen and oxygen atoms in total. The summed E-state index contributed by atoms with van der Waals surface area (Å²) in [5, 5.41) is 5.79. The molecule has 2 N–H and O–H groups in total. The normalized spacial score (nSPS) is 11.1. The van der Waals surface area contributed by atoms with Crippen molar-refractivity contribution in [2.45, 2.75) is 19.4 Å². The van der Waals surface area contributed by atoms with Gasteiger partial charge in [-0.3, -0.25) is 4.79 Å². The number of rotatable bonds is 4. The van der Waals surface area contributed by atoms with Crippen LogP contribution in [-0.4, -0.2) is 25.6 Å². The Morgan fingerprint density at radius 1 is 1.41 bits per heavy atom. The number of methoxy groups -OCH3 is 1. The summed E-state index contributed by atoms with van der Waals surface area (Å²) in [4.78, 5) is 11.9. The number of amides is 1. The number of carbonyl (C=O) groups excluding carboxylic acids is 1. The zero-order valence-electron chi connectivity index (χ0n) is 10.4. The standard InChI is InChI=1S/C12H17BrN2O2/c1-12(2,14-3)11(16)15-8-5-6-10(17-4)9(13)7-8/h5-7,14H,1-4H3,(H,15,16). The highest BCUT2D eigenvalue weighted by molar-refractivity contribution is 9.10. The van der Waals surface area contributed by atoms with E-state index in [1.54, 1.807) is 26.3 Å². The van der Waals surface area contributed by atoms with Gasteiger partial charge in [0.05, 0.1) is 17.1 Å². The number of ether oxygens (including phenoxy) is 1. The van der Waals surface area contributed by atoms with Gasteiger partial charge in [0.15, 0.2) is 0 Å². The van der Waals surface area contributed by atoms with E-state index in [4.69, 9.17) is 4.74 Å². The second-order valence-corrected chi connectivity index (χ2v) is 5.03. The molecule has 5 heteroatoms. The van der Waals surface area contributed by atoms with Gasteiger partial charge in [-0.15, -0.1) is 0 Å². The number of halogens is 1. The molecule has 1 aromatic rings. The molecule has 1 rings (SSSR count). The molecule has 0 atom stereocenters. The van der Waals surface area contributed by atoms with Crippen LogP contribution in [0.25, 0.3) is 0 Å². The van der Waals surface area contributed by atoms with Crippen LogP contribution in [-0.2, 0) is 4.79 Å². The predicted octanol–water partition coefficient (Wildman–Crippen LogP) is 2.39. The fourth-order valence-corrected chi connectivity index (χ4v) is 1.69. The Kier molecular flexibility index (Phi) is 4.54. The summed E-state index contributed by atoms with van der Waals surface area (Å²) in [6.45, 7) is 3.64. The van der Waals surface area contributed by atoms with Crippen LogP contribution in [0, 0.1) is 0 Å². The van der Waals surface area contributed by atoms with Gasteiger partial charge in [0, 0.05) is 5.69 Å². The lowest BCUT2D eigenvalue weighted by molar-refractivity contribution is -0.121. The SMILES string of the molecule is CNC(C)(C)C(=O)Nc1ccc(OC)c(Br)c1. The Morgan fingerprint density at radius 3 is 2.53 bits per heavy atom. The van der Waals surface area contributed by atoms with Crippen molar-refractivity contribution in [3.63, 3.8) is 0 Å². The summed E-state index contributed by atoms with van der Waals surface area (Å²) in [5.41, 5.74) is 0.123. The lowest BCUT2D eigenvalue weighted by Crippen LogP contribution is -2.47. The van der Waals surface area contributed by atoms with Crippen molar-refractivity contribution in [1.29, 1.82) is 0 Å². The van der Waals surface area contributed by atoms with Crippen molar-refractivity contribution in [2.24, 2.45) is 0 Å². The van der Waals surface area contributed by atoms with Crippen LogP contribution >= 0.6 is 15.9 Å². The lowest BCUT2D eigenvalue weighted by Gasteiger charge is -2.22. The van der Waals surface area contributed by atoms with Crippen LogP contribution in [0.5, 0.6) is 5.75 Å². The highest BCUT2D eigenvalue weighted by atomic mass is 79.9. The van der Waals surface area contributed by atoms with Gasteiger partial charge < -0.3 is 15.4 Å². The minimum atomic E-state index is -0.605. The summed E-state index contributed by atoms with van der Waals surface area (Å²) in [5.74, 6) is 0.646. The zero-order chi connectivity index (χ0) is 13.1. The molecule has 17 heavy (non-hydrogen) atoms. The van der Waals surface area contributed by atoms with Crippen molar-refractivity contribution < 1.29 is 9.53 Å². The molecule has 1 amide bonds. The van der Waals surface area contributed by atoms with E-state index in [9.17, 15) is 4.79 Å². The first-order valence-electron chi connectivity index (χ1n) is 5.24. The van der Waals surface area contributed by atoms with Crippen LogP contribution in [0.1, 0.15) is 13.8 Å². The number of hydrogen-bond donors (Lipinski definition) is 2. The van der Waals surface area contributed by atoms with Crippen molar-refractivity contribution in [1.82, 2.24) is 5.32 Å². The number of anilines is 1. The van der Waals surface area contributed by atoms with Crippen molar-refractivity contribution >= 4 is 27.5 Å². The molecular weight excluding hydrogens is 284 g/mol. The molecule has 0 saturated heterocycles. The summed E-state index contributed by atoms with van der Waals surface area (Å²) >= 11 is 3.37. The molecule has 1 aromatic carbocycles. The van der Waals surface area contributed by atoms with E-state index in [1.807, 2.05) is 19.9 Å². The van der Waals surface area contributed by atoms with Crippen molar-refractivity contribution in [3.05, 3.63) is 22.7 Å². The summed E-state index contributed by atoms with van der Waals surface area (Å²) in [6, 6.07) is 5.40. The zero-order valence-corrected chi connectivity index (χ0v) is 12.0. The molecule has 0 unspecified atom stereocenters. The van der Waals surface area contributed by atoms with Gasteiger partial charge in [-0.1, -0.05) is 0 Å². The van der Waals surface area contributed by atoms with Gasteiger partial charge in [-0.05, 0) is 55.0 Å². The fraction of sp³-hybridized carbons (Fsp3) is 0.417. The predicted molar refractivity (Wildman–Crippen MR) is 72.5 cm³/mol. The van der Waals surface area contributed by atoms with Crippen LogP contribution in [0.15, 0.2) is 22.7 Å². The number of benzene rings is 1. The Hall–Kier alpha value is -1.07. The van der Waals surface area contributed by atoms with Gasteiger partial charge in [-0.2, -0.15) is 0 Å². The Bertz CT molecular complexity index is 419. The molecule has 0 heterocycles. The highest BCUT2D eigenvalue weighted by Crippen LogP contribution is 2.27. The molecule has 0 aliphatic carbocycles. The van der Waals surface area contributed by atoms with Gasteiger partial charge >= 0.3 is 0 Å². The molecule has 0 spiro atoms. The minimum Gasteiger partial charge on any atom is -0.496 e. The molecule has 0 fully saturated rings. The van der Waals surface area contributed by atoms with Crippen LogP contribution < -0.4 is 15.4 Å². The first-order valence-corrected chi connectivity index (χ1v) is 6.04. The number of hydrogen-bond acceptors (Lipinski definition) is 3. The second-order valence-electron chi connectivity index (χ2n) is 4.18. The maximum absolute atomic E-state index is 11.9. The molecule has 0 aliphatic heterocycles. The largest absolute Gasteiger partial charge is 0.496 e. The van der Waals surface area contributed by atoms with E-state index >= 15 is 0 Å². The smallest absolute Gasteiger partial charge is 0.244 e. The number of likely N-dealkylation sites (N-methyl/N-ethyl adjacent to an activating group) is 1. The average molecular weight is 301 g/mol. The number of nitrogens with one attached hydrogen (secondary N) is 2. The Labute approximate surface area is 110 Å². The van der Waals surface area contributed by atoms with Gasteiger partial charge in [0.25, 0.3) is 0 Å². The molecule has 0 saturated carbocycles. The third-order valence-corrected chi connectivity index (χ3v) is 3.22. The third kappa shape index (κ3) is 3.44. The van der Waals surface area contributed by atoms with Gasteiger partial charge in [0.2, 0.25) is 5.91 Å². The van der Waals surface area contributed by atoms with E-state index < -0.39 is 5.54 Å². The average Bonchev–Trinajstić information content (AvgIpc) is 2.29. The monoisotopic (exact) mass is 300 g/mol. The van der Waals surface area contributed by atoms with E-state index in [1.165, 1.54) is 0 Å². The van der Waals surface area contributed by atoms with Gasteiger partial charge in [0.1, 0.15) is 5.75 Å². The summed E-state index contributed by atoms with van der Waals surface area (Å²) in [7, 11) is 3.35. The maximum atomic E-state index is 11.9. The van der Waals surface area contributed by atoms with Crippen LogP contribution in [0.4, 0.5) is 5.69 Å². The second kappa shape index (κ2) is 5.51. The summed E-state index contributed by atoms with van der Waals surface area (Å²) < 4.78 is 5.93. The van der Waals surface area contributed by atoms with Crippen molar-refractivity contribution in [2.75, 3.05) is 19.5 Å². The molecule has 0 aliphatic rings. The molecule has 0 aromatic heterocycles. The fourth-order valence-electron chi connectivity index (χ4n) is 1.15. The molecule has 0 radical (unpaired) electrons. The summed E-state index contributed by atoms with van der Waals surface area (Å²) in [6.07, 6.45) is 0. The first-order chi connectivity index (χ1) is 7.90. The van der Waals surface area contributed by atoms with Crippen molar-refractivity contribution in [3.8, 4) is 5.75 Å². The lowest BCUT2D eigenvalue weighted by atomic mass is 10.1. The quantitative estimate of drug-likeness (QED) is 0.898.